The average molecular weight is 442 g/mol. The minimum atomic E-state index is -4.61. The lowest BCUT2D eigenvalue weighted by Gasteiger charge is -2.24. The van der Waals surface area contributed by atoms with Crippen LogP contribution in [0.25, 0.3) is 0 Å². The van der Waals surface area contributed by atoms with Crippen LogP contribution in [0.5, 0.6) is 11.5 Å². The fraction of sp³-hybridized carbons (Fsp3) is 0.400. The fourth-order valence-corrected chi connectivity index (χ4v) is 6.66. The third kappa shape index (κ3) is 7.24. The molecule has 1 N–H and O–H groups in total. The van der Waals surface area contributed by atoms with Crippen LogP contribution in [0.3, 0.4) is 0 Å². The second kappa shape index (κ2) is 10.9. The zero-order valence-corrected chi connectivity index (χ0v) is 18.3. The van der Waals surface area contributed by atoms with Crippen molar-refractivity contribution in [1.29, 1.82) is 0 Å². The number of aryl methyl sites for hydroxylation is 1. The van der Waals surface area contributed by atoms with Crippen molar-refractivity contribution in [3.05, 3.63) is 60.2 Å². The summed E-state index contributed by atoms with van der Waals surface area (Å²) >= 11 is 0. The summed E-state index contributed by atoms with van der Waals surface area (Å²) in [5, 5.41) is 0. The molecule has 160 valence electrons. The van der Waals surface area contributed by atoms with Gasteiger partial charge in [0.05, 0.1) is 13.2 Å². The van der Waals surface area contributed by atoms with Gasteiger partial charge in [0.15, 0.2) is 4.99 Å². The van der Waals surface area contributed by atoms with Crippen LogP contribution in [-0.4, -0.2) is 31.2 Å². The van der Waals surface area contributed by atoms with Crippen LogP contribution >= 0.6 is 7.60 Å². The van der Waals surface area contributed by atoms with E-state index in [1.54, 1.807) is 13.8 Å². The molecule has 7 nitrogen and oxygen atoms in total. The van der Waals surface area contributed by atoms with Crippen molar-refractivity contribution >= 4 is 17.7 Å². The summed E-state index contributed by atoms with van der Waals surface area (Å²) in [5.41, 5.74) is 0.926. The fourth-order valence-electron chi connectivity index (χ4n) is 2.90. The largest absolute Gasteiger partial charge is 0.457 e. The smallest absolute Gasteiger partial charge is 0.351 e. The number of rotatable bonds is 12. The second-order valence-electron chi connectivity index (χ2n) is 6.30. The molecule has 0 bridgehead atoms. The Kier molecular flexibility index (Phi) is 8.86. The molecular formula is C20H27O7PS. The zero-order valence-electron chi connectivity index (χ0n) is 16.6. The van der Waals surface area contributed by atoms with E-state index in [0.717, 1.165) is 5.56 Å². The minimum absolute atomic E-state index is 0.0160. The molecule has 2 rings (SSSR count). The normalized spacial score (nSPS) is 13.2. The number of para-hydroxylation sites is 1. The standard InChI is InChI=1S/C20H27O7PS/c1-3-25-28(21,26-4-2)20(29(22,23)24)15-9-11-17-10-8-14-19(16-17)27-18-12-6-5-7-13-18/h5-8,10,12-14,16,20H,3-4,9,11,15H2,1-2H3,(H,22,23,24). The molecule has 0 spiro atoms. The van der Waals surface area contributed by atoms with Crippen molar-refractivity contribution < 1.29 is 31.3 Å². The first-order valence-electron chi connectivity index (χ1n) is 9.45. The minimum Gasteiger partial charge on any atom is -0.457 e. The quantitative estimate of drug-likeness (QED) is 0.353. The SMILES string of the molecule is CCOP(=O)(OCC)C(CCCc1cccc(Oc2ccccc2)c1)S(=O)(=O)O. The zero-order chi connectivity index (χ0) is 21.3. The lowest BCUT2D eigenvalue weighted by Crippen LogP contribution is -2.23. The van der Waals surface area contributed by atoms with Crippen LogP contribution < -0.4 is 4.74 Å². The maximum Gasteiger partial charge on any atom is 0.351 e. The number of benzene rings is 2. The molecule has 0 aliphatic heterocycles. The maximum atomic E-state index is 12.9. The molecule has 9 heteroatoms. The predicted octanol–water partition coefficient (Wildman–Crippen LogP) is 5.28. The molecular weight excluding hydrogens is 415 g/mol. The summed E-state index contributed by atoms with van der Waals surface area (Å²) in [7, 11) is -8.60. The van der Waals surface area contributed by atoms with E-state index in [1.807, 2.05) is 54.6 Å². The Balaban J connectivity index is 2.06. The van der Waals surface area contributed by atoms with Gasteiger partial charge in [-0.2, -0.15) is 8.42 Å². The monoisotopic (exact) mass is 442 g/mol. The van der Waals surface area contributed by atoms with Gasteiger partial charge in [-0.25, -0.2) is 0 Å². The van der Waals surface area contributed by atoms with Crippen LogP contribution in [0.1, 0.15) is 32.3 Å². The van der Waals surface area contributed by atoms with Gasteiger partial charge in [0.1, 0.15) is 11.5 Å². The van der Waals surface area contributed by atoms with Crippen LogP contribution in [0, 0.1) is 0 Å². The van der Waals surface area contributed by atoms with Crippen LogP contribution in [0.4, 0.5) is 0 Å². The first-order valence-corrected chi connectivity index (χ1v) is 12.6. The molecule has 0 aromatic heterocycles. The van der Waals surface area contributed by atoms with Crippen molar-refractivity contribution in [2.24, 2.45) is 0 Å². The van der Waals surface area contributed by atoms with Gasteiger partial charge in [-0.1, -0.05) is 30.3 Å². The van der Waals surface area contributed by atoms with E-state index in [9.17, 15) is 17.5 Å². The molecule has 2 aromatic rings. The van der Waals surface area contributed by atoms with Crippen molar-refractivity contribution in [3.8, 4) is 11.5 Å². The van der Waals surface area contributed by atoms with E-state index < -0.39 is 22.7 Å². The van der Waals surface area contributed by atoms with E-state index in [4.69, 9.17) is 13.8 Å². The highest BCUT2D eigenvalue weighted by molar-refractivity contribution is 7.94. The first kappa shape index (κ1) is 23.6. The summed E-state index contributed by atoms with van der Waals surface area (Å²) in [4.78, 5) is -1.61. The summed E-state index contributed by atoms with van der Waals surface area (Å²) in [6.45, 7) is 3.21. The third-order valence-electron chi connectivity index (χ3n) is 4.11. The topological polar surface area (TPSA) is 99.1 Å². The van der Waals surface area contributed by atoms with Gasteiger partial charge >= 0.3 is 7.60 Å². The molecule has 0 fully saturated rings. The Labute approximate surface area is 172 Å². The molecule has 29 heavy (non-hydrogen) atoms. The summed E-state index contributed by atoms with van der Waals surface area (Å²) < 4.78 is 62.1. The Morgan fingerprint density at radius 1 is 0.966 bits per heavy atom. The summed E-state index contributed by atoms with van der Waals surface area (Å²) in [5.74, 6) is 1.37. The van der Waals surface area contributed by atoms with E-state index in [-0.39, 0.29) is 19.6 Å². The predicted molar refractivity (Wildman–Crippen MR) is 112 cm³/mol. The maximum absolute atomic E-state index is 12.9. The Hall–Kier alpha value is -1.70. The molecule has 0 aliphatic carbocycles. The highest BCUT2D eigenvalue weighted by Gasteiger charge is 2.43. The lowest BCUT2D eigenvalue weighted by molar-refractivity contribution is 0.215. The van der Waals surface area contributed by atoms with E-state index in [0.29, 0.717) is 24.3 Å². The molecule has 0 heterocycles. The third-order valence-corrected chi connectivity index (χ3v) is 8.81. The lowest BCUT2D eigenvalue weighted by atomic mass is 10.1. The Morgan fingerprint density at radius 3 is 2.17 bits per heavy atom. The Morgan fingerprint density at radius 2 is 1.59 bits per heavy atom. The van der Waals surface area contributed by atoms with E-state index in [2.05, 4.69) is 0 Å². The molecule has 2 aromatic carbocycles. The van der Waals surface area contributed by atoms with Gasteiger partial charge in [0.2, 0.25) is 0 Å². The number of hydrogen-bond acceptors (Lipinski definition) is 6. The Bertz CT molecular complexity index is 905. The average Bonchev–Trinajstić information content (AvgIpc) is 2.66. The van der Waals surface area contributed by atoms with Crippen molar-refractivity contribution in [2.45, 2.75) is 38.1 Å². The van der Waals surface area contributed by atoms with Crippen LogP contribution in [0.15, 0.2) is 54.6 Å². The summed E-state index contributed by atoms with van der Waals surface area (Å²) in [6, 6.07) is 16.8. The first-order chi connectivity index (χ1) is 13.8. The van der Waals surface area contributed by atoms with Crippen molar-refractivity contribution in [3.63, 3.8) is 0 Å². The van der Waals surface area contributed by atoms with Crippen LogP contribution in [0.2, 0.25) is 0 Å². The molecule has 0 aliphatic rings. The molecule has 0 radical (unpaired) electrons. The highest BCUT2D eigenvalue weighted by Crippen LogP contribution is 2.56. The second-order valence-corrected chi connectivity index (χ2v) is 10.5. The van der Waals surface area contributed by atoms with Gasteiger partial charge in [-0.05, 0) is 62.9 Å². The van der Waals surface area contributed by atoms with E-state index in [1.165, 1.54) is 0 Å². The molecule has 0 saturated carbocycles. The number of ether oxygens (including phenoxy) is 1. The number of hydrogen-bond donors (Lipinski definition) is 1. The van der Waals surface area contributed by atoms with Crippen molar-refractivity contribution in [1.82, 2.24) is 0 Å². The van der Waals surface area contributed by atoms with E-state index >= 15 is 0 Å². The van der Waals surface area contributed by atoms with Crippen molar-refractivity contribution in [2.75, 3.05) is 13.2 Å². The molecule has 0 saturated heterocycles. The van der Waals surface area contributed by atoms with Gasteiger partial charge in [0.25, 0.3) is 10.1 Å². The van der Waals surface area contributed by atoms with Gasteiger partial charge in [-0.3, -0.25) is 9.12 Å². The van der Waals surface area contributed by atoms with Gasteiger partial charge in [-0.15, -0.1) is 0 Å². The highest BCUT2D eigenvalue weighted by atomic mass is 32.2. The van der Waals surface area contributed by atoms with Gasteiger partial charge in [0, 0.05) is 0 Å². The molecule has 1 unspecified atom stereocenters. The van der Waals surface area contributed by atoms with Gasteiger partial charge < -0.3 is 13.8 Å². The van der Waals surface area contributed by atoms with Crippen LogP contribution in [-0.2, 0) is 30.2 Å². The summed E-state index contributed by atoms with van der Waals surface area (Å²) in [6.07, 6.45) is 0.819. The molecule has 0 amide bonds. The molecule has 1 atom stereocenters.